The molecule has 18 heavy (non-hydrogen) atoms. The number of H-pyrrole nitrogens is 1. The Kier molecular flexibility index (Phi) is 2.59. The Hall–Kier alpha value is -1.48. The summed E-state index contributed by atoms with van der Waals surface area (Å²) in [5.74, 6) is -0.724. The lowest BCUT2D eigenvalue weighted by molar-refractivity contribution is -0.143. The van der Waals surface area contributed by atoms with Crippen molar-refractivity contribution in [1.82, 2.24) is 4.98 Å². The van der Waals surface area contributed by atoms with E-state index in [0.717, 1.165) is 29.3 Å². The fourth-order valence-electron chi connectivity index (χ4n) is 3.10. The van der Waals surface area contributed by atoms with Gasteiger partial charge in [0, 0.05) is 11.6 Å². The average molecular weight is 264 g/mol. The molecule has 0 amide bonds. The van der Waals surface area contributed by atoms with E-state index in [1.54, 1.807) is 6.20 Å². The quantitative estimate of drug-likeness (QED) is 0.868. The van der Waals surface area contributed by atoms with Gasteiger partial charge >= 0.3 is 5.97 Å². The summed E-state index contributed by atoms with van der Waals surface area (Å²) in [6.07, 6.45) is 5.07. The Morgan fingerprint density at radius 1 is 1.33 bits per heavy atom. The van der Waals surface area contributed by atoms with E-state index in [4.69, 9.17) is 11.6 Å². The molecule has 0 radical (unpaired) electrons. The predicted octanol–water partition coefficient (Wildman–Crippen LogP) is 3.72. The van der Waals surface area contributed by atoms with Gasteiger partial charge < -0.3 is 10.1 Å². The van der Waals surface area contributed by atoms with Crippen LogP contribution in [0, 0.1) is 0 Å². The van der Waals surface area contributed by atoms with Crippen LogP contribution in [0.25, 0.3) is 10.9 Å². The second-order valence-corrected chi connectivity index (χ2v) is 5.37. The van der Waals surface area contributed by atoms with Crippen molar-refractivity contribution in [3.05, 3.63) is 35.0 Å². The van der Waals surface area contributed by atoms with E-state index in [9.17, 15) is 9.90 Å². The Labute approximate surface area is 110 Å². The molecule has 1 aliphatic rings. The van der Waals surface area contributed by atoms with Crippen molar-refractivity contribution < 1.29 is 9.90 Å². The third-order valence-electron chi connectivity index (χ3n) is 4.05. The number of rotatable bonds is 2. The molecule has 1 saturated carbocycles. The summed E-state index contributed by atoms with van der Waals surface area (Å²) in [4.78, 5) is 14.8. The second kappa shape index (κ2) is 4.02. The first-order valence-corrected chi connectivity index (χ1v) is 6.52. The van der Waals surface area contributed by atoms with Gasteiger partial charge in [-0.25, -0.2) is 0 Å². The molecule has 1 aromatic heterocycles. The summed E-state index contributed by atoms with van der Waals surface area (Å²) >= 11 is 6.10. The zero-order chi connectivity index (χ0) is 12.8. The molecule has 4 heteroatoms. The number of nitrogens with one attached hydrogen (secondary N) is 1. The van der Waals surface area contributed by atoms with Crippen molar-refractivity contribution in [2.24, 2.45) is 0 Å². The number of carbonyl (C=O) groups is 1. The number of hydrogen-bond acceptors (Lipinski definition) is 1. The summed E-state index contributed by atoms with van der Waals surface area (Å²) in [6.45, 7) is 0. The van der Waals surface area contributed by atoms with Crippen molar-refractivity contribution in [3.8, 4) is 0 Å². The third kappa shape index (κ3) is 1.47. The van der Waals surface area contributed by atoms with Gasteiger partial charge in [-0.2, -0.15) is 0 Å². The number of carboxylic acids is 1. The van der Waals surface area contributed by atoms with Crippen molar-refractivity contribution in [1.29, 1.82) is 0 Å². The van der Waals surface area contributed by atoms with Crippen LogP contribution in [0.5, 0.6) is 0 Å². The zero-order valence-corrected chi connectivity index (χ0v) is 10.6. The minimum absolute atomic E-state index is 0.644. The van der Waals surface area contributed by atoms with Crippen LogP contribution in [0.2, 0.25) is 5.02 Å². The number of para-hydroxylation sites is 1. The molecule has 94 valence electrons. The zero-order valence-electron chi connectivity index (χ0n) is 9.87. The van der Waals surface area contributed by atoms with E-state index >= 15 is 0 Å². The van der Waals surface area contributed by atoms with E-state index < -0.39 is 11.4 Å². The van der Waals surface area contributed by atoms with E-state index in [-0.39, 0.29) is 0 Å². The van der Waals surface area contributed by atoms with Gasteiger partial charge in [-0.05, 0) is 18.4 Å². The van der Waals surface area contributed by atoms with Crippen molar-refractivity contribution in [3.63, 3.8) is 0 Å². The monoisotopic (exact) mass is 263 g/mol. The van der Waals surface area contributed by atoms with Crippen LogP contribution in [0.4, 0.5) is 0 Å². The van der Waals surface area contributed by atoms with Crippen LogP contribution in [0.3, 0.4) is 0 Å². The molecule has 1 aliphatic carbocycles. The first-order chi connectivity index (χ1) is 8.65. The molecule has 1 heterocycles. The van der Waals surface area contributed by atoms with Crippen LogP contribution >= 0.6 is 11.6 Å². The first-order valence-electron chi connectivity index (χ1n) is 6.15. The lowest BCUT2D eigenvalue weighted by atomic mass is 9.78. The van der Waals surface area contributed by atoms with E-state index in [0.29, 0.717) is 17.9 Å². The molecule has 3 nitrogen and oxygen atoms in total. The SMILES string of the molecule is O=C(O)C1(c2cccc3c(Cl)c[nH]c23)CCCC1. The fraction of sp³-hybridized carbons (Fsp3) is 0.357. The Bertz CT molecular complexity index is 611. The number of benzene rings is 1. The topological polar surface area (TPSA) is 53.1 Å². The molecule has 0 spiro atoms. The Balaban J connectivity index is 2.27. The maximum absolute atomic E-state index is 11.7. The van der Waals surface area contributed by atoms with Gasteiger partial charge in [0.15, 0.2) is 0 Å². The first kappa shape index (κ1) is 11.6. The molecular weight excluding hydrogens is 250 g/mol. The number of aliphatic carboxylic acids is 1. The summed E-state index contributed by atoms with van der Waals surface area (Å²) in [5, 5.41) is 11.2. The maximum Gasteiger partial charge on any atom is 0.314 e. The fourth-order valence-corrected chi connectivity index (χ4v) is 3.31. The lowest BCUT2D eigenvalue weighted by Crippen LogP contribution is -2.32. The lowest BCUT2D eigenvalue weighted by Gasteiger charge is -2.25. The molecule has 0 saturated heterocycles. The summed E-state index contributed by atoms with van der Waals surface area (Å²) in [6, 6.07) is 5.72. The van der Waals surface area contributed by atoms with E-state index in [1.807, 2.05) is 18.2 Å². The summed E-state index contributed by atoms with van der Waals surface area (Å²) in [7, 11) is 0. The van der Waals surface area contributed by atoms with Gasteiger partial charge in [-0.15, -0.1) is 0 Å². The highest BCUT2D eigenvalue weighted by molar-refractivity contribution is 6.35. The molecule has 0 atom stereocenters. The van der Waals surface area contributed by atoms with Gasteiger partial charge in [0.05, 0.1) is 16.0 Å². The van der Waals surface area contributed by atoms with Crippen LogP contribution in [-0.4, -0.2) is 16.1 Å². The van der Waals surface area contributed by atoms with Crippen molar-refractivity contribution in [2.75, 3.05) is 0 Å². The molecule has 1 aromatic carbocycles. The maximum atomic E-state index is 11.7. The molecule has 1 fully saturated rings. The number of halogens is 1. The number of aromatic amines is 1. The summed E-state index contributed by atoms with van der Waals surface area (Å²) < 4.78 is 0. The standard InChI is InChI=1S/C14H14ClNO2/c15-11-8-16-12-9(11)4-3-5-10(12)14(13(17)18)6-1-2-7-14/h3-5,8,16H,1-2,6-7H2,(H,17,18). The van der Waals surface area contributed by atoms with E-state index in [2.05, 4.69) is 4.98 Å². The molecule has 0 unspecified atom stereocenters. The summed E-state index contributed by atoms with van der Waals surface area (Å²) in [5.41, 5.74) is 0.997. The minimum atomic E-state index is -0.742. The number of aromatic nitrogens is 1. The highest BCUT2D eigenvalue weighted by atomic mass is 35.5. The highest BCUT2D eigenvalue weighted by Gasteiger charge is 2.44. The van der Waals surface area contributed by atoms with Gasteiger partial charge in [-0.3, -0.25) is 4.79 Å². The van der Waals surface area contributed by atoms with Gasteiger partial charge in [0.2, 0.25) is 0 Å². The molecule has 3 rings (SSSR count). The number of hydrogen-bond donors (Lipinski definition) is 2. The minimum Gasteiger partial charge on any atom is -0.481 e. The molecule has 2 aromatic rings. The predicted molar refractivity (Wildman–Crippen MR) is 71.1 cm³/mol. The van der Waals surface area contributed by atoms with Crippen molar-refractivity contribution >= 4 is 28.5 Å². The molecule has 0 aliphatic heterocycles. The van der Waals surface area contributed by atoms with Gasteiger partial charge in [0.1, 0.15) is 0 Å². The van der Waals surface area contributed by atoms with E-state index in [1.165, 1.54) is 0 Å². The third-order valence-corrected chi connectivity index (χ3v) is 4.36. The normalized spacial score (nSPS) is 18.3. The van der Waals surface area contributed by atoms with Crippen LogP contribution < -0.4 is 0 Å². The smallest absolute Gasteiger partial charge is 0.314 e. The Morgan fingerprint density at radius 3 is 2.72 bits per heavy atom. The largest absolute Gasteiger partial charge is 0.481 e. The highest BCUT2D eigenvalue weighted by Crippen LogP contribution is 2.44. The number of fused-ring (bicyclic) bond motifs is 1. The van der Waals surface area contributed by atoms with Gasteiger partial charge in [-0.1, -0.05) is 42.6 Å². The van der Waals surface area contributed by atoms with Crippen LogP contribution in [0.1, 0.15) is 31.2 Å². The van der Waals surface area contributed by atoms with Crippen LogP contribution in [-0.2, 0) is 10.2 Å². The number of carboxylic acid groups (broad SMARTS) is 1. The van der Waals surface area contributed by atoms with Crippen molar-refractivity contribution in [2.45, 2.75) is 31.1 Å². The molecule has 0 bridgehead atoms. The second-order valence-electron chi connectivity index (χ2n) is 4.96. The van der Waals surface area contributed by atoms with Crippen LogP contribution in [0.15, 0.2) is 24.4 Å². The van der Waals surface area contributed by atoms with Gasteiger partial charge in [0.25, 0.3) is 0 Å². The average Bonchev–Trinajstić information content (AvgIpc) is 2.97. The molecular formula is C14H14ClNO2. The molecule has 2 N–H and O–H groups in total. The Morgan fingerprint density at radius 2 is 2.06 bits per heavy atom.